The molecule has 0 heterocycles. The average Bonchev–Trinajstić information content (AvgIpc) is 3.13. The summed E-state index contributed by atoms with van der Waals surface area (Å²) < 4.78 is 5.61. The highest BCUT2D eigenvalue weighted by Gasteiger charge is 2.29. The molecule has 3 rings (SSSR count). The van der Waals surface area contributed by atoms with E-state index in [4.69, 9.17) is 9.84 Å². The van der Waals surface area contributed by atoms with Crippen LogP contribution in [0.25, 0.3) is 11.1 Å². The zero-order valence-corrected chi connectivity index (χ0v) is 20.8. The van der Waals surface area contributed by atoms with Gasteiger partial charge in [-0.2, -0.15) is 0 Å². The van der Waals surface area contributed by atoms with Gasteiger partial charge in [-0.05, 0) is 46.4 Å². The first-order valence-electron chi connectivity index (χ1n) is 12.3. The van der Waals surface area contributed by atoms with Crippen molar-refractivity contribution in [2.75, 3.05) is 19.7 Å². The molecule has 0 saturated carbocycles. The van der Waals surface area contributed by atoms with Gasteiger partial charge >= 0.3 is 12.1 Å². The number of nitrogens with one attached hydrogen (secondary N) is 2. The van der Waals surface area contributed by atoms with E-state index >= 15 is 0 Å². The molecule has 0 radical (unpaired) electrons. The first-order chi connectivity index (χ1) is 16.7. The number of hydrogen-bond donors (Lipinski definition) is 3. The topological polar surface area (TPSA) is 105 Å². The predicted octanol–water partition coefficient (Wildman–Crippen LogP) is 4.80. The highest BCUT2D eigenvalue weighted by molar-refractivity contribution is 5.79. The third-order valence-corrected chi connectivity index (χ3v) is 6.33. The van der Waals surface area contributed by atoms with Crippen molar-refractivity contribution in [3.63, 3.8) is 0 Å². The Bertz CT molecular complexity index is 990. The Kier molecular flexibility index (Phi) is 9.29. The van der Waals surface area contributed by atoms with Crippen LogP contribution >= 0.6 is 0 Å². The van der Waals surface area contributed by atoms with Crippen molar-refractivity contribution in [2.45, 2.75) is 46.0 Å². The van der Waals surface area contributed by atoms with E-state index in [0.717, 1.165) is 17.5 Å². The Hall–Kier alpha value is -3.35. The third kappa shape index (κ3) is 7.57. The van der Waals surface area contributed by atoms with Crippen LogP contribution in [0.15, 0.2) is 48.5 Å². The number of fused-ring (bicyclic) bond motifs is 3. The van der Waals surface area contributed by atoms with Crippen molar-refractivity contribution in [1.29, 1.82) is 0 Å². The van der Waals surface area contributed by atoms with Crippen molar-refractivity contribution in [1.82, 2.24) is 10.6 Å². The highest BCUT2D eigenvalue weighted by Crippen LogP contribution is 2.44. The Labute approximate surface area is 207 Å². The van der Waals surface area contributed by atoms with Gasteiger partial charge in [0.2, 0.25) is 5.91 Å². The lowest BCUT2D eigenvalue weighted by atomic mass is 9.93. The zero-order valence-electron chi connectivity index (χ0n) is 20.8. The van der Waals surface area contributed by atoms with E-state index in [1.54, 1.807) is 6.92 Å². The summed E-state index contributed by atoms with van der Waals surface area (Å²) in [6, 6.07) is 16.4. The normalized spacial score (nSPS) is 14.1. The number of carboxylic acid groups (broad SMARTS) is 1. The van der Waals surface area contributed by atoms with E-state index in [1.165, 1.54) is 11.1 Å². The molecule has 0 aliphatic heterocycles. The molecule has 0 fully saturated rings. The van der Waals surface area contributed by atoms with Crippen LogP contribution in [0, 0.1) is 17.8 Å². The van der Waals surface area contributed by atoms with Crippen LogP contribution in [-0.2, 0) is 14.3 Å². The molecule has 2 aromatic rings. The van der Waals surface area contributed by atoms with E-state index in [2.05, 4.69) is 48.7 Å². The minimum absolute atomic E-state index is 0.00168. The Morgan fingerprint density at radius 2 is 1.49 bits per heavy atom. The fraction of sp³-hybridized carbons (Fsp3) is 0.464. The standard InChI is InChI=1S/C28H36N2O5/c1-18(2)12-20(14-26(31)29-15-19(3)13-27(32)33)16-30-28(34)35-17-25-23-10-6-4-8-21(23)22-9-5-7-11-24(22)25/h4-11,18-20,25H,12-17H2,1-3H3,(H,29,31)(H,30,34)(H,32,33)/t19?,20-/m0/s1. The summed E-state index contributed by atoms with van der Waals surface area (Å²) in [4.78, 5) is 35.7. The van der Waals surface area contributed by atoms with Gasteiger partial charge in [-0.15, -0.1) is 0 Å². The number of carbonyl (C=O) groups is 3. The van der Waals surface area contributed by atoms with Gasteiger partial charge in [0, 0.05) is 31.8 Å². The number of ether oxygens (including phenoxy) is 1. The first-order valence-corrected chi connectivity index (χ1v) is 12.3. The summed E-state index contributed by atoms with van der Waals surface area (Å²) in [6.07, 6.45) is 0.568. The lowest BCUT2D eigenvalue weighted by Gasteiger charge is -2.20. The molecule has 0 spiro atoms. The van der Waals surface area contributed by atoms with E-state index in [9.17, 15) is 14.4 Å². The van der Waals surface area contributed by atoms with Gasteiger partial charge in [0.15, 0.2) is 0 Å². The fourth-order valence-electron chi connectivity index (χ4n) is 4.78. The maximum absolute atomic E-state index is 12.5. The fourth-order valence-corrected chi connectivity index (χ4v) is 4.78. The quantitative estimate of drug-likeness (QED) is 0.405. The second-order valence-corrected chi connectivity index (χ2v) is 9.91. The summed E-state index contributed by atoms with van der Waals surface area (Å²) in [7, 11) is 0. The number of amides is 2. The summed E-state index contributed by atoms with van der Waals surface area (Å²) >= 11 is 0. The van der Waals surface area contributed by atoms with Gasteiger partial charge in [-0.3, -0.25) is 9.59 Å². The van der Waals surface area contributed by atoms with Crippen molar-refractivity contribution in [2.24, 2.45) is 17.8 Å². The molecule has 2 aromatic carbocycles. The second-order valence-electron chi connectivity index (χ2n) is 9.91. The summed E-state index contributed by atoms with van der Waals surface area (Å²) in [5, 5.41) is 14.5. The lowest BCUT2D eigenvalue weighted by Crippen LogP contribution is -2.35. The zero-order chi connectivity index (χ0) is 25.4. The van der Waals surface area contributed by atoms with E-state index in [-0.39, 0.29) is 43.1 Å². The Balaban J connectivity index is 1.50. The molecule has 0 aromatic heterocycles. The maximum atomic E-state index is 12.5. The van der Waals surface area contributed by atoms with Crippen LogP contribution in [0.1, 0.15) is 57.1 Å². The summed E-state index contributed by atoms with van der Waals surface area (Å²) in [5.41, 5.74) is 4.68. The largest absolute Gasteiger partial charge is 0.481 e. The Morgan fingerprint density at radius 3 is 2.06 bits per heavy atom. The van der Waals surface area contributed by atoms with Gasteiger partial charge in [0.25, 0.3) is 0 Å². The van der Waals surface area contributed by atoms with Crippen LogP contribution in [-0.4, -0.2) is 42.8 Å². The molecule has 188 valence electrons. The maximum Gasteiger partial charge on any atom is 0.407 e. The number of aliphatic carboxylic acids is 1. The smallest absolute Gasteiger partial charge is 0.407 e. The van der Waals surface area contributed by atoms with Crippen molar-refractivity contribution in [3.8, 4) is 11.1 Å². The summed E-state index contributed by atoms with van der Waals surface area (Å²) in [6.45, 7) is 6.85. The van der Waals surface area contributed by atoms with Crippen molar-refractivity contribution >= 4 is 18.0 Å². The number of hydrogen-bond acceptors (Lipinski definition) is 4. The molecule has 0 bridgehead atoms. The SMILES string of the molecule is CC(C)C[C@H](CNC(=O)OCC1c2ccccc2-c2ccccc21)CC(=O)NCC(C)CC(=O)O. The minimum Gasteiger partial charge on any atom is -0.481 e. The molecule has 0 saturated heterocycles. The second kappa shape index (κ2) is 12.4. The molecule has 7 heteroatoms. The minimum atomic E-state index is -0.878. The number of carbonyl (C=O) groups excluding carboxylic acids is 2. The van der Waals surface area contributed by atoms with Crippen LogP contribution in [0.3, 0.4) is 0 Å². The number of rotatable bonds is 12. The molecule has 1 unspecified atom stereocenters. The van der Waals surface area contributed by atoms with Gasteiger partial charge in [0.1, 0.15) is 6.61 Å². The van der Waals surface area contributed by atoms with Gasteiger partial charge in [-0.1, -0.05) is 69.3 Å². The number of carboxylic acids is 1. The monoisotopic (exact) mass is 480 g/mol. The predicted molar refractivity (Wildman–Crippen MR) is 135 cm³/mol. The number of benzene rings is 2. The van der Waals surface area contributed by atoms with Crippen molar-refractivity contribution < 1.29 is 24.2 Å². The molecule has 2 atom stereocenters. The highest BCUT2D eigenvalue weighted by atomic mass is 16.5. The molecule has 3 N–H and O–H groups in total. The molecular formula is C28H36N2O5. The number of alkyl carbamates (subject to hydrolysis) is 1. The van der Waals surface area contributed by atoms with Crippen LogP contribution < -0.4 is 10.6 Å². The van der Waals surface area contributed by atoms with Gasteiger partial charge in [0.05, 0.1) is 0 Å². The summed E-state index contributed by atoms with van der Waals surface area (Å²) in [5.74, 6) is -0.829. The average molecular weight is 481 g/mol. The van der Waals surface area contributed by atoms with E-state index < -0.39 is 12.1 Å². The molecule has 1 aliphatic carbocycles. The van der Waals surface area contributed by atoms with Crippen molar-refractivity contribution in [3.05, 3.63) is 59.7 Å². The van der Waals surface area contributed by atoms with Crippen LogP contribution in [0.2, 0.25) is 0 Å². The van der Waals surface area contributed by atoms with Crippen LogP contribution in [0.4, 0.5) is 4.79 Å². The van der Waals surface area contributed by atoms with Gasteiger partial charge < -0.3 is 20.5 Å². The van der Waals surface area contributed by atoms with Gasteiger partial charge in [-0.25, -0.2) is 4.79 Å². The molecule has 2 amide bonds. The van der Waals surface area contributed by atoms with E-state index in [1.807, 2.05) is 24.3 Å². The van der Waals surface area contributed by atoms with E-state index in [0.29, 0.717) is 19.0 Å². The molecular weight excluding hydrogens is 444 g/mol. The lowest BCUT2D eigenvalue weighted by molar-refractivity contribution is -0.138. The molecule has 1 aliphatic rings. The molecule has 35 heavy (non-hydrogen) atoms. The van der Waals surface area contributed by atoms with Crippen LogP contribution in [0.5, 0.6) is 0 Å². The Morgan fingerprint density at radius 1 is 0.886 bits per heavy atom. The first kappa shape index (κ1) is 26.3. The third-order valence-electron chi connectivity index (χ3n) is 6.33. The molecule has 7 nitrogen and oxygen atoms in total.